The first-order valence-electron chi connectivity index (χ1n) is 8.80. The number of carbonyl (C=O) groups excluding carboxylic acids is 2. The molecule has 2 aromatic rings. The van der Waals surface area contributed by atoms with Crippen LogP contribution in [0.25, 0.3) is 10.9 Å². The Kier molecular flexibility index (Phi) is 5.47. The predicted octanol–water partition coefficient (Wildman–Crippen LogP) is 2.64. The molecule has 1 aromatic heterocycles. The highest BCUT2D eigenvalue weighted by Gasteiger charge is 2.24. The summed E-state index contributed by atoms with van der Waals surface area (Å²) in [6.45, 7) is -0.00729. The zero-order chi connectivity index (χ0) is 18.5. The molecule has 1 aromatic carbocycles. The number of esters is 1. The Hall–Kier alpha value is -2.94. The number of aryl methyl sites for hydroxylation is 1. The van der Waals surface area contributed by atoms with Gasteiger partial charge in [0.25, 0.3) is 5.91 Å². The van der Waals surface area contributed by atoms with Gasteiger partial charge in [0.2, 0.25) is 0 Å². The standard InChI is InChI=1S/C20H21N3O3/c1-23(12-6-11-21)18(24)13-26-20(25)19-14-7-2-4-9-16(14)22-17-10-5-3-8-15(17)19/h2,4,7,9H,3,5-6,8,10,12-13H2,1H3. The highest BCUT2D eigenvalue weighted by molar-refractivity contribution is 6.05. The molecule has 6 nitrogen and oxygen atoms in total. The van der Waals surface area contributed by atoms with Crippen LogP contribution in [0.2, 0.25) is 0 Å². The highest BCUT2D eigenvalue weighted by atomic mass is 16.5. The first-order chi connectivity index (χ1) is 12.6. The number of carbonyl (C=O) groups is 2. The van der Waals surface area contributed by atoms with Gasteiger partial charge >= 0.3 is 5.97 Å². The number of nitrogens with zero attached hydrogens (tertiary/aromatic N) is 3. The molecule has 134 valence electrons. The monoisotopic (exact) mass is 351 g/mol. The minimum Gasteiger partial charge on any atom is -0.452 e. The molecule has 0 unspecified atom stereocenters. The zero-order valence-electron chi connectivity index (χ0n) is 14.8. The second kappa shape index (κ2) is 7.96. The lowest BCUT2D eigenvalue weighted by atomic mass is 9.90. The van der Waals surface area contributed by atoms with Crippen LogP contribution in [0.4, 0.5) is 0 Å². The van der Waals surface area contributed by atoms with Crippen molar-refractivity contribution in [1.82, 2.24) is 9.88 Å². The summed E-state index contributed by atoms with van der Waals surface area (Å²) in [4.78, 5) is 31.0. The van der Waals surface area contributed by atoms with Crippen LogP contribution >= 0.6 is 0 Å². The second-order valence-corrected chi connectivity index (χ2v) is 6.44. The van der Waals surface area contributed by atoms with Crippen LogP contribution in [-0.2, 0) is 22.4 Å². The van der Waals surface area contributed by atoms with E-state index in [1.54, 1.807) is 7.05 Å². The lowest BCUT2D eigenvalue weighted by Gasteiger charge is -2.20. The van der Waals surface area contributed by atoms with Crippen molar-refractivity contribution in [2.45, 2.75) is 32.1 Å². The van der Waals surface area contributed by atoms with Gasteiger partial charge in [0.15, 0.2) is 6.61 Å². The molecule has 1 aliphatic rings. The summed E-state index contributed by atoms with van der Waals surface area (Å²) in [7, 11) is 1.59. The fourth-order valence-corrected chi connectivity index (χ4v) is 3.26. The molecule has 0 fully saturated rings. The number of aromatic nitrogens is 1. The van der Waals surface area contributed by atoms with E-state index in [2.05, 4.69) is 0 Å². The third kappa shape index (κ3) is 3.67. The van der Waals surface area contributed by atoms with Crippen molar-refractivity contribution in [3.63, 3.8) is 0 Å². The number of benzene rings is 1. The second-order valence-electron chi connectivity index (χ2n) is 6.44. The first kappa shape index (κ1) is 17.9. The van der Waals surface area contributed by atoms with Crippen molar-refractivity contribution < 1.29 is 14.3 Å². The van der Waals surface area contributed by atoms with E-state index in [0.717, 1.165) is 47.8 Å². The molecule has 6 heteroatoms. The van der Waals surface area contributed by atoms with E-state index >= 15 is 0 Å². The van der Waals surface area contributed by atoms with Crippen molar-refractivity contribution in [1.29, 1.82) is 5.26 Å². The summed E-state index contributed by atoms with van der Waals surface area (Å²) in [5, 5.41) is 9.36. The molecular weight excluding hydrogens is 330 g/mol. The quantitative estimate of drug-likeness (QED) is 0.773. The van der Waals surface area contributed by atoms with E-state index in [0.29, 0.717) is 12.1 Å². The van der Waals surface area contributed by atoms with E-state index in [-0.39, 0.29) is 18.9 Å². The fraction of sp³-hybridized carbons (Fsp3) is 0.400. The van der Waals surface area contributed by atoms with Crippen LogP contribution in [0.3, 0.4) is 0 Å². The number of pyridine rings is 1. The summed E-state index contributed by atoms with van der Waals surface area (Å²) in [5.74, 6) is -0.801. The molecule has 0 aliphatic heterocycles. The minimum atomic E-state index is -0.483. The number of ether oxygens (including phenoxy) is 1. The molecule has 0 radical (unpaired) electrons. The highest BCUT2D eigenvalue weighted by Crippen LogP contribution is 2.29. The van der Waals surface area contributed by atoms with Crippen molar-refractivity contribution in [3.8, 4) is 6.07 Å². The molecule has 0 bridgehead atoms. The summed E-state index contributed by atoms with van der Waals surface area (Å²) < 4.78 is 5.32. The van der Waals surface area contributed by atoms with Gasteiger partial charge in [0.05, 0.1) is 23.6 Å². The Bertz CT molecular complexity index is 886. The zero-order valence-corrected chi connectivity index (χ0v) is 14.8. The van der Waals surface area contributed by atoms with Crippen LogP contribution in [0.5, 0.6) is 0 Å². The molecule has 0 spiro atoms. The van der Waals surface area contributed by atoms with Gasteiger partial charge < -0.3 is 9.64 Å². The number of hydrogen-bond acceptors (Lipinski definition) is 5. The van der Waals surface area contributed by atoms with Crippen molar-refractivity contribution >= 4 is 22.8 Å². The van der Waals surface area contributed by atoms with E-state index in [1.807, 2.05) is 30.3 Å². The van der Waals surface area contributed by atoms with Crippen molar-refractivity contribution in [3.05, 3.63) is 41.1 Å². The van der Waals surface area contributed by atoms with Crippen LogP contribution in [0.15, 0.2) is 24.3 Å². The van der Waals surface area contributed by atoms with Crippen molar-refractivity contribution in [2.24, 2.45) is 0 Å². The Labute approximate surface area is 152 Å². The predicted molar refractivity (Wildman–Crippen MR) is 96.5 cm³/mol. The smallest absolute Gasteiger partial charge is 0.339 e. The largest absolute Gasteiger partial charge is 0.452 e. The SMILES string of the molecule is CN(CCC#N)C(=O)COC(=O)c1c2c(nc3ccccc13)CCCC2. The number of hydrogen-bond donors (Lipinski definition) is 0. The topological polar surface area (TPSA) is 83.3 Å². The van der Waals surface area contributed by atoms with Gasteiger partial charge in [0.1, 0.15) is 0 Å². The molecule has 0 saturated heterocycles. The maximum atomic E-state index is 12.8. The molecule has 1 amide bonds. The van der Waals surface area contributed by atoms with Gasteiger partial charge in [-0.15, -0.1) is 0 Å². The number of likely N-dealkylation sites (N-methyl/N-ethyl adjacent to an activating group) is 1. The average molecular weight is 351 g/mol. The number of rotatable bonds is 5. The molecule has 0 atom stereocenters. The van der Waals surface area contributed by atoms with E-state index < -0.39 is 5.97 Å². The Morgan fingerprint density at radius 3 is 2.85 bits per heavy atom. The van der Waals surface area contributed by atoms with Gasteiger partial charge in [-0.2, -0.15) is 5.26 Å². The number of fused-ring (bicyclic) bond motifs is 2. The van der Waals surface area contributed by atoms with Crippen LogP contribution in [0.1, 0.15) is 40.9 Å². The van der Waals surface area contributed by atoms with Crippen LogP contribution < -0.4 is 0 Å². The molecule has 1 aliphatic carbocycles. The van der Waals surface area contributed by atoms with Crippen molar-refractivity contribution in [2.75, 3.05) is 20.2 Å². The molecule has 3 rings (SSSR count). The molecule has 26 heavy (non-hydrogen) atoms. The fourth-order valence-electron chi connectivity index (χ4n) is 3.26. The van der Waals surface area contributed by atoms with Crippen LogP contribution in [0, 0.1) is 11.3 Å². The molecule has 0 N–H and O–H groups in total. The Balaban J connectivity index is 1.84. The molecular formula is C20H21N3O3. The van der Waals surface area contributed by atoms with Gasteiger partial charge in [0, 0.05) is 24.7 Å². The Morgan fingerprint density at radius 1 is 1.27 bits per heavy atom. The van der Waals surface area contributed by atoms with Gasteiger partial charge in [-0.25, -0.2) is 4.79 Å². The lowest BCUT2D eigenvalue weighted by molar-refractivity contribution is -0.133. The summed E-state index contributed by atoms with van der Waals surface area (Å²) in [6, 6.07) is 9.52. The molecule has 1 heterocycles. The summed E-state index contributed by atoms with van der Waals surface area (Å²) >= 11 is 0. The van der Waals surface area contributed by atoms with E-state index in [9.17, 15) is 9.59 Å². The lowest BCUT2D eigenvalue weighted by Crippen LogP contribution is -2.32. The van der Waals surface area contributed by atoms with E-state index in [1.165, 1.54) is 4.90 Å². The summed E-state index contributed by atoms with van der Waals surface area (Å²) in [5.41, 5.74) is 3.22. The normalized spacial score (nSPS) is 12.9. The minimum absolute atomic E-state index is 0.249. The third-order valence-corrected chi connectivity index (χ3v) is 4.68. The number of nitriles is 1. The van der Waals surface area contributed by atoms with Crippen LogP contribution in [-0.4, -0.2) is 42.0 Å². The average Bonchev–Trinajstić information content (AvgIpc) is 2.67. The maximum Gasteiger partial charge on any atom is 0.339 e. The van der Waals surface area contributed by atoms with E-state index in [4.69, 9.17) is 15.0 Å². The third-order valence-electron chi connectivity index (χ3n) is 4.68. The first-order valence-corrected chi connectivity index (χ1v) is 8.80. The molecule has 0 saturated carbocycles. The van der Waals surface area contributed by atoms with Gasteiger partial charge in [-0.3, -0.25) is 9.78 Å². The Morgan fingerprint density at radius 2 is 2.04 bits per heavy atom. The van der Waals surface area contributed by atoms with Gasteiger partial charge in [-0.05, 0) is 37.3 Å². The summed E-state index contributed by atoms with van der Waals surface area (Å²) in [6.07, 6.45) is 3.99. The maximum absolute atomic E-state index is 12.8. The number of amides is 1. The number of para-hydroxylation sites is 1. The van der Waals surface area contributed by atoms with Gasteiger partial charge in [-0.1, -0.05) is 18.2 Å².